The van der Waals surface area contributed by atoms with Gasteiger partial charge in [0.25, 0.3) is 5.56 Å². The number of nitrogens with one attached hydrogen (secondary N) is 2. The minimum Gasteiger partial charge on any atom is -0.462 e. The average Bonchev–Trinajstić information content (AvgIpc) is 3.38. The van der Waals surface area contributed by atoms with Crippen molar-refractivity contribution in [3.05, 3.63) is 61.9 Å². The largest absolute Gasteiger partial charge is 0.462 e. The molecule has 0 fully saturated rings. The SMILES string of the molecule is CCOC(=O)c1c(NC(=O)CSc2nc3c(cnn3-c3ccc(C)c(C)c3)c(=O)[nH]2)sc2c1CCCCC2. The zero-order valence-corrected chi connectivity index (χ0v) is 23.2. The van der Waals surface area contributed by atoms with Crippen LogP contribution >= 0.6 is 23.1 Å². The zero-order valence-electron chi connectivity index (χ0n) is 21.6. The van der Waals surface area contributed by atoms with E-state index in [1.54, 1.807) is 11.6 Å². The number of thiophene rings is 1. The van der Waals surface area contributed by atoms with Crippen molar-refractivity contribution in [1.82, 2.24) is 19.7 Å². The fourth-order valence-electron chi connectivity index (χ4n) is 4.56. The van der Waals surface area contributed by atoms with Gasteiger partial charge < -0.3 is 15.0 Å². The van der Waals surface area contributed by atoms with Gasteiger partial charge in [0.15, 0.2) is 10.8 Å². The first-order valence-corrected chi connectivity index (χ1v) is 14.5. The molecule has 0 bridgehead atoms. The Morgan fingerprint density at radius 1 is 1.18 bits per heavy atom. The number of esters is 1. The fraction of sp³-hybridized carbons (Fsp3) is 0.370. The van der Waals surface area contributed by atoms with Gasteiger partial charge in [0.05, 0.1) is 29.8 Å². The first-order valence-electron chi connectivity index (χ1n) is 12.7. The predicted octanol–water partition coefficient (Wildman–Crippen LogP) is 4.96. The Hall–Kier alpha value is -3.44. The van der Waals surface area contributed by atoms with Crippen LogP contribution in [-0.4, -0.2) is 44.0 Å². The Bertz CT molecular complexity index is 1590. The van der Waals surface area contributed by atoms with Crippen molar-refractivity contribution in [3.8, 4) is 5.69 Å². The number of amides is 1. The van der Waals surface area contributed by atoms with Crippen LogP contribution in [0, 0.1) is 13.8 Å². The molecular formula is C27H29N5O4S2. The molecule has 0 saturated heterocycles. The van der Waals surface area contributed by atoms with E-state index < -0.39 is 5.97 Å². The van der Waals surface area contributed by atoms with Crippen LogP contribution in [-0.2, 0) is 22.4 Å². The second kappa shape index (κ2) is 11.1. The fourth-order valence-corrected chi connectivity index (χ4v) is 6.51. The number of aromatic amines is 1. The van der Waals surface area contributed by atoms with Gasteiger partial charge in [-0.2, -0.15) is 5.10 Å². The Balaban J connectivity index is 1.36. The lowest BCUT2D eigenvalue weighted by Crippen LogP contribution is -2.17. The van der Waals surface area contributed by atoms with E-state index >= 15 is 0 Å². The van der Waals surface area contributed by atoms with Crippen LogP contribution in [0.4, 0.5) is 5.00 Å². The molecule has 4 aromatic rings. The summed E-state index contributed by atoms with van der Waals surface area (Å²) in [6.45, 7) is 6.09. The van der Waals surface area contributed by atoms with Crippen molar-refractivity contribution in [2.75, 3.05) is 17.7 Å². The number of carbonyl (C=O) groups is 2. The summed E-state index contributed by atoms with van der Waals surface area (Å²) in [5.41, 5.74) is 4.66. The summed E-state index contributed by atoms with van der Waals surface area (Å²) < 4.78 is 6.94. The molecule has 3 heterocycles. The monoisotopic (exact) mass is 551 g/mol. The van der Waals surface area contributed by atoms with Crippen LogP contribution in [0.2, 0.25) is 0 Å². The topological polar surface area (TPSA) is 119 Å². The number of anilines is 1. The number of hydrogen-bond donors (Lipinski definition) is 2. The third-order valence-electron chi connectivity index (χ3n) is 6.65. The van der Waals surface area contributed by atoms with Crippen molar-refractivity contribution >= 4 is 51.0 Å². The number of fused-ring (bicyclic) bond motifs is 2. The number of hydrogen-bond acceptors (Lipinski definition) is 8. The lowest BCUT2D eigenvalue weighted by molar-refractivity contribution is -0.113. The molecule has 198 valence electrons. The third kappa shape index (κ3) is 5.25. The van der Waals surface area contributed by atoms with Gasteiger partial charge in [-0.15, -0.1) is 11.3 Å². The number of nitrogens with zero attached hydrogens (tertiary/aromatic N) is 3. The maximum Gasteiger partial charge on any atom is 0.341 e. The first kappa shape index (κ1) is 26.2. The Labute approximate surface area is 228 Å². The van der Waals surface area contributed by atoms with Gasteiger partial charge in [0, 0.05) is 4.88 Å². The van der Waals surface area contributed by atoms with Crippen molar-refractivity contribution in [1.29, 1.82) is 0 Å². The molecule has 1 amide bonds. The molecule has 3 aromatic heterocycles. The molecule has 0 spiro atoms. The van der Waals surface area contributed by atoms with Crippen LogP contribution in [0.15, 0.2) is 34.3 Å². The predicted molar refractivity (Wildman–Crippen MR) is 150 cm³/mol. The molecule has 11 heteroatoms. The van der Waals surface area contributed by atoms with E-state index in [1.807, 2.05) is 32.0 Å². The molecule has 1 aromatic carbocycles. The number of H-pyrrole nitrogens is 1. The summed E-state index contributed by atoms with van der Waals surface area (Å²) in [6.07, 6.45) is 6.41. The highest BCUT2D eigenvalue weighted by Crippen LogP contribution is 2.38. The molecule has 1 aliphatic carbocycles. The summed E-state index contributed by atoms with van der Waals surface area (Å²) in [6, 6.07) is 5.93. The second-order valence-electron chi connectivity index (χ2n) is 9.26. The normalized spacial score (nSPS) is 13.2. The number of carbonyl (C=O) groups excluding carboxylic acids is 2. The van der Waals surface area contributed by atoms with Crippen LogP contribution in [0.3, 0.4) is 0 Å². The van der Waals surface area contributed by atoms with E-state index in [0.29, 0.717) is 26.8 Å². The van der Waals surface area contributed by atoms with E-state index in [9.17, 15) is 14.4 Å². The number of rotatable bonds is 7. The number of benzene rings is 1. The molecule has 9 nitrogen and oxygen atoms in total. The van der Waals surface area contributed by atoms with Crippen molar-refractivity contribution < 1.29 is 14.3 Å². The van der Waals surface area contributed by atoms with Gasteiger partial charge in [-0.1, -0.05) is 24.2 Å². The highest BCUT2D eigenvalue weighted by Gasteiger charge is 2.26. The Morgan fingerprint density at radius 2 is 2.00 bits per heavy atom. The van der Waals surface area contributed by atoms with Gasteiger partial charge in [-0.3, -0.25) is 9.59 Å². The van der Waals surface area contributed by atoms with Gasteiger partial charge in [0.1, 0.15) is 10.4 Å². The van der Waals surface area contributed by atoms with Crippen molar-refractivity contribution in [2.45, 2.75) is 58.0 Å². The van der Waals surface area contributed by atoms with Crippen LogP contribution in [0.1, 0.15) is 58.1 Å². The minimum absolute atomic E-state index is 0.0110. The lowest BCUT2D eigenvalue weighted by atomic mass is 10.1. The smallest absolute Gasteiger partial charge is 0.341 e. The van der Waals surface area contributed by atoms with E-state index in [1.165, 1.54) is 17.5 Å². The third-order valence-corrected chi connectivity index (χ3v) is 8.73. The Kier molecular flexibility index (Phi) is 7.66. The highest BCUT2D eigenvalue weighted by atomic mass is 32.2. The molecule has 0 saturated carbocycles. The van der Waals surface area contributed by atoms with Crippen molar-refractivity contribution in [3.63, 3.8) is 0 Å². The molecule has 0 radical (unpaired) electrons. The molecule has 0 aliphatic heterocycles. The van der Waals surface area contributed by atoms with E-state index in [4.69, 9.17) is 4.74 Å². The molecular weight excluding hydrogens is 522 g/mol. The number of aromatic nitrogens is 4. The molecule has 0 atom stereocenters. The standard InChI is InChI=1S/C27H29N5O4S2/c1-4-36-26(35)22-18-8-6-5-7-9-20(18)38-25(22)29-21(33)14-37-27-30-23-19(24(34)31-27)13-28-32(23)17-11-10-15(2)16(3)12-17/h10-13H,4-9,14H2,1-3H3,(H,29,33)(H,30,31,34). The van der Waals surface area contributed by atoms with Crippen molar-refractivity contribution in [2.24, 2.45) is 0 Å². The van der Waals surface area contributed by atoms with E-state index in [-0.39, 0.29) is 23.8 Å². The summed E-state index contributed by atoms with van der Waals surface area (Å²) >= 11 is 2.58. The molecule has 1 aliphatic rings. The van der Waals surface area contributed by atoms with Gasteiger partial charge in [-0.25, -0.2) is 14.5 Å². The Morgan fingerprint density at radius 3 is 2.79 bits per heavy atom. The summed E-state index contributed by atoms with van der Waals surface area (Å²) in [5, 5.41) is 8.51. The number of ether oxygens (including phenoxy) is 1. The van der Waals surface area contributed by atoms with E-state index in [0.717, 1.165) is 71.1 Å². The zero-order chi connectivity index (χ0) is 26.8. The average molecular weight is 552 g/mol. The first-order chi connectivity index (χ1) is 18.4. The van der Waals surface area contributed by atoms with Gasteiger partial charge in [0.2, 0.25) is 5.91 Å². The molecule has 2 N–H and O–H groups in total. The van der Waals surface area contributed by atoms with Gasteiger partial charge >= 0.3 is 5.97 Å². The van der Waals surface area contributed by atoms with Crippen LogP contribution < -0.4 is 10.9 Å². The minimum atomic E-state index is -0.397. The number of thioether (sulfide) groups is 1. The quantitative estimate of drug-likeness (QED) is 0.144. The highest BCUT2D eigenvalue weighted by molar-refractivity contribution is 7.99. The van der Waals surface area contributed by atoms with Crippen LogP contribution in [0.5, 0.6) is 0 Å². The van der Waals surface area contributed by atoms with Crippen LogP contribution in [0.25, 0.3) is 16.7 Å². The molecule has 5 rings (SSSR count). The lowest BCUT2D eigenvalue weighted by Gasteiger charge is -2.09. The van der Waals surface area contributed by atoms with Gasteiger partial charge in [-0.05, 0) is 75.3 Å². The number of aryl methyl sites for hydroxylation is 3. The summed E-state index contributed by atoms with van der Waals surface area (Å²) in [4.78, 5) is 46.9. The molecule has 38 heavy (non-hydrogen) atoms. The maximum absolute atomic E-state index is 12.9. The molecule has 0 unspecified atom stereocenters. The summed E-state index contributed by atoms with van der Waals surface area (Å²) in [7, 11) is 0. The summed E-state index contributed by atoms with van der Waals surface area (Å²) in [5.74, 6) is -0.676. The maximum atomic E-state index is 12.9. The van der Waals surface area contributed by atoms with E-state index in [2.05, 4.69) is 20.4 Å². The second-order valence-corrected chi connectivity index (χ2v) is 11.3.